The van der Waals surface area contributed by atoms with Crippen LogP contribution in [-0.4, -0.2) is 108 Å². The molecule has 0 bridgehead atoms. The molecule has 1 aliphatic carbocycles. The summed E-state index contributed by atoms with van der Waals surface area (Å²) in [6.45, 7) is 3.67. The third-order valence-corrected chi connectivity index (χ3v) is 11.2. The molecule has 1 aliphatic rings. The summed E-state index contributed by atoms with van der Waals surface area (Å²) in [7, 11) is -5.15. The van der Waals surface area contributed by atoms with E-state index in [1.54, 1.807) is 6.08 Å². The number of aliphatic hydroxyl groups excluding tert-OH is 7. The normalized spacial score (nSPS) is 24.5. The van der Waals surface area contributed by atoms with E-state index in [-0.39, 0.29) is 6.42 Å². The number of rotatable bonds is 34. The second-order valence-electron chi connectivity index (χ2n) is 15.4. The highest BCUT2D eigenvalue weighted by atomic mass is 31.2. The van der Waals surface area contributed by atoms with Crippen molar-refractivity contribution in [3.05, 3.63) is 36.5 Å². The van der Waals surface area contributed by atoms with E-state index in [2.05, 4.69) is 43.5 Å². The Bertz CT molecular complexity index is 1110. The molecule has 0 aromatic carbocycles. The van der Waals surface area contributed by atoms with Crippen molar-refractivity contribution in [2.75, 3.05) is 6.61 Å². The van der Waals surface area contributed by atoms with E-state index < -0.39 is 75.2 Å². The third kappa shape index (κ3) is 24.4. The largest absolute Gasteiger partial charge is 0.472 e. The lowest BCUT2D eigenvalue weighted by molar-refractivity contribution is -0.220. The fourth-order valence-electron chi connectivity index (χ4n) is 6.62. The number of phosphoric ester groups is 1. The number of phosphoric acid groups is 1. The number of hydrogen-bond acceptors (Lipinski definition) is 11. The maximum atomic E-state index is 12.9. The molecule has 0 aromatic rings. The van der Waals surface area contributed by atoms with Crippen molar-refractivity contribution in [2.45, 2.75) is 216 Å². The predicted molar refractivity (Wildman–Crippen MR) is 220 cm³/mol. The van der Waals surface area contributed by atoms with Gasteiger partial charge in [-0.05, 0) is 44.9 Å². The Labute approximate surface area is 336 Å². The maximum absolute atomic E-state index is 12.9. The minimum Gasteiger partial charge on any atom is -0.393 e. The maximum Gasteiger partial charge on any atom is 0.472 e. The summed E-state index contributed by atoms with van der Waals surface area (Å²) in [5.74, 6) is -0.610. The average Bonchev–Trinajstić information content (AvgIpc) is 3.17. The topological polar surface area (TPSA) is 226 Å². The molecule has 0 aliphatic heterocycles. The fraction of sp³-hybridized carbons (Fsp3) is 0.833. The van der Waals surface area contributed by atoms with Crippen LogP contribution >= 0.6 is 7.82 Å². The molecule has 8 atom stereocenters. The van der Waals surface area contributed by atoms with Crippen molar-refractivity contribution in [3.8, 4) is 0 Å². The molecule has 13 nitrogen and oxygen atoms in total. The summed E-state index contributed by atoms with van der Waals surface area (Å²) in [6.07, 6.45) is 21.1. The zero-order valence-electron chi connectivity index (χ0n) is 34.3. The lowest BCUT2D eigenvalue weighted by Crippen LogP contribution is -2.64. The van der Waals surface area contributed by atoms with Gasteiger partial charge in [0.1, 0.15) is 36.6 Å². The Kier molecular flexibility index (Phi) is 30.4. The van der Waals surface area contributed by atoms with Crippen LogP contribution in [0.4, 0.5) is 0 Å². The van der Waals surface area contributed by atoms with Gasteiger partial charge in [0, 0.05) is 0 Å². The van der Waals surface area contributed by atoms with Crippen molar-refractivity contribution >= 4 is 13.7 Å². The van der Waals surface area contributed by atoms with Crippen LogP contribution in [0, 0.1) is 0 Å². The van der Waals surface area contributed by atoms with Gasteiger partial charge < -0.3 is 46.0 Å². The monoisotopic (exact) mass is 820 g/mol. The molecular formula is C42H78NO12P. The van der Waals surface area contributed by atoms with E-state index in [0.29, 0.717) is 19.3 Å². The summed E-state index contributed by atoms with van der Waals surface area (Å²) in [4.78, 5) is 23.3. The molecule has 9 N–H and O–H groups in total. The number of amides is 1. The predicted octanol–water partition coefficient (Wildman–Crippen LogP) is 6.19. The number of nitrogens with one attached hydrogen (secondary N) is 1. The van der Waals surface area contributed by atoms with Gasteiger partial charge in [-0.2, -0.15) is 0 Å². The van der Waals surface area contributed by atoms with E-state index in [1.807, 2.05) is 0 Å². The molecule has 1 fully saturated rings. The summed E-state index contributed by atoms with van der Waals surface area (Å²) >= 11 is 0. The van der Waals surface area contributed by atoms with E-state index in [1.165, 1.54) is 83.1 Å². The Morgan fingerprint density at radius 2 is 1.05 bits per heavy atom. The highest BCUT2D eigenvalue weighted by Gasteiger charge is 2.51. The van der Waals surface area contributed by atoms with E-state index in [4.69, 9.17) is 9.05 Å². The van der Waals surface area contributed by atoms with Gasteiger partial charge in [-0.15, -0.1) is 0 Å². The molecule has 328 valence electrons. The lowest BCUT2D eigenvalue weighted by Gasteiger charge is -2.41. The van der Waals surface area contributed by atoms with E-state index in [9.17, 15) is 50.0 Å². The standard InChI is InChI=1S/C42H78NO12P/c1-3-5-7-9-11-13-15-16-17-18-19-20-22-24-26-28-30-35(45)34(32-54-56(52,53)55-42-40(50)38(48)37(47)39(49)41(42)51)43-36(46)31-33(44)29-27-25-23-21-14-12-10-8-6-4-2/h16-17,20,22,28,30,33-35,37-42,44-45,47-51H,3-15,18-19,21,23-27,29,31-32H2,1-2H3,(H,43,46)(H,52,53)/b17-16+,22-20+,30-28+. The molecule has 1 rings (SSSR count). The quantitative estimate of drug-likeness (QED) is 0.0201. The summed E-state index contributed by atoms with van der Waals surface area (Å²) < 4.78 is 22.8. The minimum atomic E-state index is -5.15. The number of carbonyl (C=O) groups is 1. The van der Waals surface area contributed by atoms with Gasteiger partial charge in [-0.3, -0.25) is 13.8 Å². The molecule has 0 saturated heterocycles. The van der Waals surface area contributed by atoms with Gasteiger partial charge in [-0.25, -0.2) is 4.57 Å². The second kappa shape index (κ2) is 32.4. The van der Waals surface area contributed by atoms with Crippen LogP contribution in [-0.2, 0) is 18.4 Å². The molecule has 0 heterocycles. The van der Waals surface area contributed by atoms with Crippen LogP contribution in [0.1, 0.15) is 162 Å². The van der Waals surface area contributed by atoms with Gasteiger partial charge in [0.25, 0.3) is 0 Å². The van der Waals surface area contributed by atoms with Crippen molar-refractivity contribution in [3.63, 3.8) is 0 Å². The number of carbonyl (C=O) groups excluding carboxylic acids is 1. The first-order chi connectivity index (χ1) is 26.8. The molecular weight excluding hydrogens is 741 g/mol. The summed E-state index contributed by atoms with van der Waals surface area (Å²) in [6, 6.07) is -1.26. The fourth-order valence-corrected chi connectivity index (χ4v) is 7.59. The van der Waals surface area contributed by atoms with Crippen molar-refractivity contribution in [1.82, 2.24) is 5.32 Å². The number of unbranched alkanes of at least 4 members (excludes halogenated alkanes) is 17. The Morgan fingerprint density at radius 1 is 0.625 bits per heavy atom. The SMILES string of the molecule is CCCCCCCC/C=C/CC/C=C/CC/C=C/C(O)C(COP(=O)(O)OC1C(O)C(O)C(O)C(O)C1O)NC(=O)CC(O)CCCCCCCCCCCC. The third-order valence-electron chi connectivity index (χ3n) is 10.2. The van der Waals surface area contributed by atoms with Crippen molar-refractivity contribution in [1.29, 1.82) is 0 Å². The number of aliphatic hydroxyl groups is 7. The zero-order valence-corrected chi connectivity index (χ0v) is 35.2. The smallest absolute Gasteiger partial charge is 0.393 e. The number of hydrogen-bond donors (Lipinski definition) is 9. The first-order valence-electron chi connectivity index (χ1n) is 21.5. The molecule has 8 unspecified atom stereocenters. The van der Waals surface area contributed by atoms with Gasteiger partial charge in [0.05, 0.1) is 31.3 Å². The molecule has 0 aromatic heterocycles. The number of allylic oxidation sites excluding steroid dienone is 5. The van der Waals surface area contributed by atoms with Gasteiger partial charge in [0.15, 0.2) is 0 Å². The van der Waals surface area contributed by atoms with Crippen LogP contribution in [0.5, 0.6) is 0 Å². The van der Waals surface area contributed by atoms with Crippen LogP contribution in [0.2, 0.25) is 0 Å². The molecule has 0 radical (unpaired) electrons. The summed E-state index contributed by atoms with van der Waals surface area (Å²) in [5.41, 5.74) is 0. The Balaban J connectivity index is 2.65. The van der Waals surface area contributed by atoms with Gasteiger partial charge in [0.2, 0.25) is 5.91 Å². The second-order valence-corrected chi connectivity index (χ2v) is 16.8. The molecule has 1 amide bonds. The van der Waals surface area contributed by atoms with Crippen LogP contribution in [0.3, 0.4) is 0 Å². The van der Waals surface area contributed by atoms with Gasteiger partial charge >= 0.3 is 7.82 Å². The molecule has 1 saturated carbocycles. The average molecular weight is 820 g/mol. The van der Waals surface area contributed by atoms with Crippen LogP contribution in [0.15, 0.2) is 36.5 Å². The van der Waals surface area contributed by atoms with Gasteiger partial charge in [-0.1, -0.05) is 147 Å². The highest BCUT2D eigenvalue weighted by molar-refractivity contribution is 7.47. The van der Waals surface area contributed by atoms with E-state index in [0.717, 1.165) is 44.9 Å². The highest BCUT2D eigenvalue weighted by Crippen LogP contribution is 2.47. The molecule has 56 heavy (non-hydrogen) atoms. The zero-order chi connectivity index (χ0) is 41.6. The van der Waals surface area contributed by atoms with Crippen LogP contribution < -0.4 is 5.32 Å². The van der Waals surface area contributed by atoms with Crippen LogP contribution in [0.25, 0.3) is 0 Å². The van der Waals surface area contributed by atoms with Crippen molar-refractivity contribution in [2.24, 2.45) is 0 Å². The van der Waals surface area contributed by atoms with Crippen molar-refractivity contribution < 1.29 is 59.0 Å². The van der Waals surface area contributed by atoms with E-state index >= 15 is 0 Å². The molecule has 14 heteroatoms. The Morgan fingerprint density at radius 3 is 1.57 bits per heavy atom. The first-order valence-corrected chi connectivity index (χ1v) is 23.0. The first kappa shape index (κ1) is 52.5. The molecule has 0 spiro atoms. The lowest BCUT2D eigenvalue weighted by atomic mass is 9.85. The summed E-state index contributed by atoms with van der Waals surface area (Å²) in [5, 5.41) is 74.2. The Hall–Kier alpha value is -1.48. The minimum absolute atomic E-state index is 0.255.